The Labute approximate surface area is 225 Å². The van der Waals surface area contributed by atoms with Crippen LogP contribution in [-0.4, -0.2) is 11.9 Å². The molecule has 0 bridgehead atoms. The van der Waals surface area contributed by atoms with Gasteiger partial charge in [0.2, 0.25) is 0 Å². The molecule has 4 nitrogen and oxygen atoms in total. The molecule has 6 heteroatoms. The summed E-state index contributed by atoms with van der Waals surface area (Å²) in [6, 6.07) is 20.5. The number of hydrogen-bond acceptors (Lipinski definition) is 4. The first kappa shape index (κ1) is 31.6. The van der Waals surface area contributed by atoms with Crippen molar-refractivity contribution in [2.45, 2.75) is 64.2 Å². The van der Waals surface area contributed by atoms with Crippen molar-refractivity contribution in [1.82, 2.24) is 0 Å². The molecule has 2 aromatic rings. The molecule has 0 heterocycles. The third kappa shape index (κ3) is 19.3. The van der Waals surface area contributed by atoms with Gasteiger partial charge in [0.05, 0.1) is 0 Å². The zero-order valence-electron chi connectivity index (χ0n) is 18.5. The summed E-state index contributed by atoms with van der Waals surface area (Å²) in [4.78, 5) is 20.2. The van der Waals surface area contributed by atoms with E-state index in [0.29, 0.717) is 0 Å². The number of unbranched alkanes of at least 4 members (excludes halogenated alkanes) is 4. The van der Waals surface area contributed by atoms with Crippen LogP contribution in [0, 0.1) is 0 Å². The van der Waals surface area contributed by atoms with Crippen molar-refractivity contribution >= 4 is 11.9 Å². The van der Waals surface area contributed by atoms with Gasteiger partial charge in [-0.2, -0.15) is 0 Å². The van der Waals surface area contributed by atoms with Gasteiger partial charge in [-0.15, -0.1) is 0 Å². The van der Waals surface area contributed by atoms with E-state index >= 15 is 0 Å². The Bertz CT molecular complexity index is 604. The maximum Gasteiger partial charge on any atom is 1.00 e. The first-order valence-corrected chi connectivity index (χ1v) is 10.1. The fraction of sp³-hybridized carbons (Fsp3) is 0.417. The molecular weight excluding hydrogens is 398 g/mol. The maximum atomic E-state index is 10.1. The molecule has 0 saturated heterocycles. The van der Waals surface area contributed by atoms with Crippen molar-refractivity contribution in [3.8, 4) is 0 Å². The second kappa shape index (κ2) is 21.6. The van der Waals surface area contributed by atoms with Crippen LogP contribution in [0.1, 0.15) is 62.5 Å². The van der Waals surface area contributed by atoms with E-state index in [1.807, 2.05) is 36.4 Å². The maximum absolute atomic E-state index is 10.1. The van der Waals surface area contributed by atoms with E-state index in [2.05, 4.69) is 24.3 Å². The summed E-state index contributed by atoms with van der Waals surface area (Å²) < 4.78 is 0. The molecule has 0 fully saturated rings. The zero-order chi connectivity index (χ0) is 20.5. The average molecular weight is 428 g/mol. The summed E-state index contributed by atoms with van der Waals surface area (Å²) in [5.41, 5.74) is 2.64. The first-order chi connectivity index (χ1) is 13.6. The van der Waals surface area contributed by atoms with Crippen molar-refractivity contribution < 1.29 is 78.9 Å². The van der Waals surface area contributed by atoms with E-state index in [9.17, 15) is 19.8 Å². The fourth-order valence-electron chi connectivity index (χ4n) is 2.84. The van der Waals surface area contributed by atoms with E-state index in [-0.39, 0.29) is 72.0 Å². The Morgan fingerprint density at radius 2 is 0.867 bits per heavy atom. The molecule has 0 saturated carbocycles. The predicted octanol–water partition coefficient (Wildman–Crippen LogP) is -2.91. The average Bonchev–Trinajstić information content (AvgIpc) is 2.69. The second-order valence-electron chi connectivity index (χ2n) is 6.84. The van der Waals surface area contributed by atoms with Crippen LogP contribution in [0.2, 0.25) is 0 Å². The SMILES string of the molecule is O=C([O-])CCCCCc1ccccc1.O=C([O-])CCCCCc1ccccc1.[Na+].[Na+]. The van der Waals surface area contributed by atoms with Gasteiger partial charge in [0.15, 0.2) is 0 Å². The van der Waals surface area contributed by atoms with Crippen LogP contribution >= 0.6 is 0 Å². The number of benzene rings is 2. The van der Waals surface area contributed by atoms with Crippen LogP contribution in [0.25, 0.3) is 0 Å². The molecule has 0 N–H and O–H groups in total. The van der Waals surface area contributed by atoms with Crippen molar-refractivity contribution in [3.63, 3.8) is 0 Å². The van der Waals surface area contributed by atoms with Crippen LogP contribution < -0.4 is 69.3 Å². The number of aryl methyl sites for hydroxylation is 2. The Morgan fingerprint density at radius 3 is 1.17 bits per heavy atom. The molecule has 2 rings (SSSR count). The van der Waals surface area contributed by atoms with Crippen molar-refractivity contribution in [2.24, 2.45) is 0 Å². The van der Waals surface area contributed by atoms with Gasteiger partial charge >= 0.3 is 59.1 Å². The number of aliphatic carboxylic acids is 2. The summed E-state index contributed by atoms with van der Waals surface area (Å²) in [7, 11) is 0. The minimum Gasteiger partial charge on any atom is -0.550 e. The predicted molar refractivity (Wildman–Crippen MR) is 107 cm³/mol. The fourth-order valence-corrected chi connectivity index (χ4v) is 2.84. The van der Waals surface area contributed by atoms with Gasteiger partial charge in [-0.1, -0.05) is 73.5 Å². The van der Waals surface area contributed by atoms with E-state index in [4.69, 9.17) is 0 Å². The summed E-state index contributed by atoms with van der Waals surface area (Å²) >= 11 is 0. The summed E-state index contributed by atoms with van der Waals surface area (Å²) in [6.45, 7) is 0. The van der Waals surface area contributed by atoms with Crippen LogP contribution in [0.5, 0.6) is 0 Å². The number of carbonyl (C=O) groups is 2. The van der Waals surface area contributed by atoms with Crippen LogP contribution in [0.3, 0.4) is 0 Å². The van der Waals surface area contributed by atoms with Gasteiger partial charge in [-0.05, 0) is 62.5 Å². The third-order valence-electron chi connectivity index (χ3n) is 4.38. The smallest absolute Gasteiger partial charge is 0.550 e. The summed E-state index contributed by atoms with van der Waals surface area (Å²) in [5, 5.41) is 20.2. The Balaban J connectivity index is 0. The van der Waals surface area contributed by atoms with Gasteiger partial charge in [0.25, 0.3) is 0 Å². The molecule has 0 aliphatic carbocycles. The number of rotatable bonds is 12. The Morgan fingerprint density at radius 1 is 0.533 bits per heavy atom. The number of carbonyl (C=O) groups excluding carboxylic acids is 2. The van der Waals surface area contributed by atoms with Crippen LogP contribution in [0.15, 0.2) is 60.7 Å². The standard InChI is InChI=1S/2C12H16O2.2Na/c2*13-12(14)10-6-2-5-9-11-7-3-1-4-8-11;;/h2*1,3-4,7-8H,2,5-6,9-10H2,(H,13,14);;/q;;2*+1/p-2. The summed E-state index contributed by atoms with van der Waals surface area (Å²) in [6.07, 6.45) is 7.94. The largest absolute Gasteiger partial charge is 1.00 e. The quantitative estimate of drug-likeness (QED) is 0.268. The number of carboxylic acids is 2. The van der Waals surface area contributed by atoms with Gasteiger partial charge in [-0.25, -0.2) is 0 Å². The molecule has 0 aliphatic heterocycles. The molecule has 0 amide bonds. The molecule has 0 atom stereocenters. The van der Waals surface area contributed by atoms with E-state index in [1.54, 1.807) is 0 Å². The molecule has 0 radical (unpaired) electrons. The Kier molecular flexibility index (Phi) is 22.7. The number of carboxylic acid groups (broad SMARTS) is 2. The number of hydrogen-bond donors (Lipinski definition) is 0. The first-order valence-electron chi connectivity index (χ1n) is 10.1. The van der Waals surface area contributed by atoms with Crippen molar-refractivity contribution in [1.29, 1.82) is 0 Å². The zero-order valence-corrected chi connectivity index (χ0v) is 22.5. The van der Waals surface area contributed by atoms with E-state index in [0.717, 1.165) is 51.4 Å². The molecule has 0 spiro atoms. The monoisotopic (exact) mass is 428 g/mol. The molecule has 30 heavy (non-hydrogen) atoms. The van der Waals surface area contributed by atoms with Crippen LogP contribution in [-0.2, 0) is 22.4 Å². The molecule has 0 aromatic heterocycles. The van der Waals surface area contributed by atoms with E-state index in [1.165, 1.54) is 11.1 Å². The normalized spacial score (nSPS) is 9.33. The third-order valence-corrected chi connectivity index (χ3v) is 4.38. The molecular formula is C24H30Na2O4. The topological polar surface area (TPSA) is 80.3 Å². The minimum atomic E-state index is -0.940. The van der Waals surface area contributed by atoms with Gasteiger partial charge in [0, 0.05) is 11.9 Å². The molecule has 0 aliphatic rings. The molecule has 152 valence electrons. The van der Waals surface area contributed by atoms with Gasteiger partial charge in [-0.3, -0.25) is 0 Å². The second-order valence-corrected chi connectivity index (χ2v) is 6.84. The van der Waals surface area contributed by atoms with Crippen molar-refractivity contribution in [2.75, 3.05) is 0 Å². The van der Waals surface area contributed by atoms with E-state index < -0.39 is 11.9 Å². The van der Waals surface area contributed by atoms with Gasteiger partial charge in [0.1, 0.15) is 0 Å². The van der Waals surface area contributed by atoms with Crippen LogP contribution in [0.4, 0.5) is 0 Å². The minimum absolute atomic E-state index is 0. The van der Waals surface area contributed by atoms with Gasteiger partial charge < -0.3 is 19.8 Å². The summed E-state index contributed by atoms with van der Waals surface area (Å²) in [5.74, 6) is -1.88. The van der Waals surface area contributed by atoms with Crippen molar-refractivity contribution in [3.05, 3.63) is 71.8 Å². The molecule has 0 unspecified atom stereocenters. The molecule has 2 aromatic carbocycles. The Hall–Kier alpha value is -0.620.